The molecule has 3 rings (SSSR count). The first-order chi connectivity index (χ1) is 10.2. The van der Waals surface area contributed by atoms with Crippen LogP contribution >= 0.6 is 0 Å². The van der Waals surface area contributed by atoms with Gasteiger partial charge in [-0.25, -0.2) is 0 Å². The molecule has 0 amide bonds. The second-order valence-corrected chi connectivity index (χ2v) is 5.63. The average molecular weight is 272 g/mol. The Balaban J connectivity index is 2.10. The normalized spacial score (nSPS) is 15.9. The fourth-order valence-electron chi connectivity index (χ4n) is 2.90. The summed E-state index contributed by atoms with van der Waals surface area (Å²) in [6, 6.07) is 15.4. The van der Waals surface area contributed by atoms with Gasteiger partial charge in [0.25, 0.3) is 0 Å². The summed E-state index contributed by atoms with van der Waals surface area (Å²) < 4.78 is 0. The summed E-state index contributed by atoms with van der Waals surface area (Å²) in [6.07, 6.45) is 7.29. The third-order valence-corrected chi connectivity index (χ3v) is 3.99. The fourth-order valence-corrected chi connectivity index (χ4v) is 2.90. The molecule has 0 bridgehead atoms. The largest absolute Gasteiger partial charge is 0.0949 e. The van der Waals surface area contributed by atoms with Crippen LogP contribution in [-0.2, 0) is 6.42 Å². The lowest BCUT2D eigenvalue weighted by Crippen LogP contribution is -1.85. The monoisotopic (exact) mass is 272 g/mol. The van der Waals surface area contributed by atoms with Gasteiger partial charge in [0.05, 0.1) is 0 Å². The number of benzene rings is 2. The minimum atomic E-state index is 0.965. The van der Waals surface area contributed by atoms with Gasteiger partial charge in [0, 0.05) is 0 Å². The topological polar surface area (TPSA) is 0 Å². The Morgan fingerprint density at radius 1 is 1.05 bits per heavy atom. The van der Waals surface area contributed by atoms with Crippen molar-refractivity contribution in [2.45, 2.75) is 20.3 Å². The molecule has 0 radical (unpaired) electrons. The van der Waals surface area contributed by atoms with Crippen molar-refractivity contribution in [2.75, 3.05) is 0 Å². The van der Waals surface area contributed by atoms with Crippen LogP contribution in [0.2, 0.25) is 0 Å². The summed E-state index contributed by atoms with van der Waals surface area (Å²) in [7, 11) is 0. The minimum Gasteiger partial charge on any atom is -0.0949 e. The van der Waals surface area contributed by atoms with Gasteiger partial charge in [-0.3, -0.25) is 0 Å². The first-order valence-electron chi connectivity index (χ1n) is 7.40. The van der Waals surface area contributed by atoms with Crippen molar-refractivity contribution in [3.8, 4) is 11.1 Å². The number of hydrogen-bond donors (Lipinski definition) is 0. The number of rotatable bonds is 2. The highest BCUT2D eigenvalue weighted by Crippen LogP contribution is 2.38. The van der Waals surface area contributed by atoms with Gasteiger partial charge in [-0.1, -0.05) is 66.8 Å². The summed E-state index contributed by atoms with van der Waals surface area (Å²) in [4.78, 5) is 0. The molecule has 0 aromatic heterocycles. The Labute approximate surface area is 127 Å². The smallest absolute Gasteiger partial charge is 0.00193 e. The highest BCUT2D eigenvalue weighted by Gasteiger charge is 2.19. The molecule has 0 atom stereocenters. The van der Waals surface area contributed by atoms with Crippen molar-refractivity contribution in [1.82, 2.24) is 0 Å². The first kappa shape index (κ1) is 13.6. The molecule has 1 aliphatic carbocycles. The quantitative estimate of drug-likeness (QED) is 0.654. The Morgan fingerprint density at radius 2 is 1.86 bits per heavy atom. The van der Waals surface area contributed by atoms with Gasteiger partial charge < -0.3 is 0 Å². The van der Waals surface area contributed by atoms with Crippen molar-refractivity contribution >= 4 is 5.57 Å². The maximum absolute atomic E-state index is 4.22. The summed E-state index contributed by atoms with van der Waals surface area (Å²) in [6.45, 7) is 8.39. The van der Waals surface area contributed by atoms with Crippen LogP contribution in [0.1, 0.15) is 23.6 Å². The first-order valence-corrected chi connectivity index (χ1v) is 7.40. The van der Waals surface area contributed by atoms with E-state index in [0.717, 1.165) is 6.42 Å². The van der Waals surface area contributed by atoms with E-state index >= 15 is 0 Å². The minimum absolute atomic E-state index is 0.965. The molecule has 2 aromatic carbocycles. The molecule has 0 heterocycles. The third kappa shape index (κ3) is 2.62. The lowest BCUT2D eigenvalue weighted by molar-refractivity contribution is 1.28. The molecule has 0 spiro atoms. The van der Waals surface area contributed by atoms with Crippen molar-refractivity contribution in [2.24, 2.45) is 0 Å². The van der Waals surface area contributed by atoms with Gasteiger partial charge in [-0.2, -0.15) is 0 Å². The van der Waals surface area contributed by atoms with Crippen LogP contribution in [-0.4, -0.2) is 0 Å². The second kappa shape index (κ2) is 5.57. The summed E-state index contributed by atoms with van der Waals surface area (Å²) in [5.41, 5.74) is 9.05. The van der Waals surface area contributed by atoms with Gasteiger partial charge in [-0.05, 0) is 59.7 Å². The second-order valence-electron chi connectivity index (χ2n) is 5.63. The van der Waals surface area contributed by atoms with Crippen LogP contribution in [0.3, 0.4) is 0 Å². The van der Waals surface area contributed by atoms with Crippen molar-refractivity contribution in [3.05, 3.63) is 89.5 Å². The summed E-state index contributed by atoms with van der Waals surface area (Å²) in [5, 5.41) is 0. The molecule has 1 aliphatic rings. The molecule has 0 saturated heterocycles. The number of aryl methyl sites for hydroxylation is 1. The van der Waals surface area contributed by atoms with E-state index in [1.807, 2.05) is 6.92 Å². The predicted molar refractivity (Wildman–Crippen MR) is 92.3 cm³/mol. The Hall–Kier alpha value is -2.34. The molecule has 104 valence electrons. The van der Waals surface area contributed by atoms with Crippen LogP contribution in [0.4, 0.5) is 0 Å². The van der Waals surface area contributed by atoms with E-state index in [1.54, 1.807) is 0 Å². The third-order valence-electron chi connectivity index (χ3n) is 3.99. The Kier molecular flexibility index (Phi) is 3.62. The van der Waals surface area contributed by atoms with Crippen LogP contribution in [0.25, 0.3) is 16.7 Å². The molecule has 0 nitrogen and oxygen atoms in total. The Bertz CT molecular complexity index is 757. The van der Waals surface area contributed by atoms with E-state index in [4.69, 9.17) is 0 Å². The van der Waals surface area contributed by atoms with Crippen LogP contribution in [0.15, 0.2) is 72.8 Å². The Morgan fingerprint density at radius 3 is 2.62 bits per heavy atom. The highest BCUT2D eigenvalue weighted by molar-refractivity contribution is 5.88. The van der Waals surface area contributed by atoms with Gasteiger partial charge >= 0.3 is 0 Å². The van der Waals surface area contributed by atoms with E-state index in [2.05, 4.69) is 74.2 Å². The van der Waals surface area contributed by atoms with Crippen LogP contribution < -0.4 is 0 Å². The lowest BCUT2D eigenvalue weighted by Gasteiger charge is -2.07. The van der Waals surface area contributed by atoms with Crippen molar-refractivity contribution < 1.29 is 0 Å². The van der Waals surface area contributed by atoms with Crippen LogP contribution in [0, 0.1) is 6.92 Å². The molecule has 0 fully saturated rings. The average Bonchev–Trinajstić information content (AvgIpc) is 2.79. The SMILES string of the molecule is C=C1Cc2ccc(-c3cccc(C)c3)cc2/C1=C/C=C\C. The predicted octanol–water partition coefficient (Wildman–Crippen LogP) is 5.73. The zero-order valence-electron chi connectivity index (χ0n) is 12.7. The molecule has 0 N–H and O–H groups in total. The van der Waals surface area contributed by atoms with Crippen molar-refractivity contribution in [3.63, 3.8) is 0 Å². The molecule has 0 unspecified atom stereocenters. The van der Waals surface area contributed by atoms with Gasteiger partial charge in [-0.15, -0.1) is 0 Å². The maximum atomic E-state index is 4.22. The fraction of sp³-hybridized carbons (Fsp3) is 0.143. The van der Waals surface area contributed by atoms with Crippen LogP contribution in [0.5, 0.6) is 0 Å². The van der Waals surface area contributed by atoms with Crippen molar-refractivity contribution in [1.29, 1.82) is 0 Å². The van der Waals surface area contributed by atoms with E-state index in [9.17, 15) is 0 Å². The zero-order chi connectivity index (χ0) is 14.8. The molecular formula is C21H20. The lowest BCUT2D eigenvalue weighted by atomic mass is 9.97. The number of allylic oxidation sites excluding steroid dienone is 5. The highest BCUT2D eigenvalue weighted by atomic mass is 14.2. The van der Waals surface area contributed by atoms with E-state index < -0.39 is 0 Å². The molecule has 0 aliphatic heterocycles. The maximum Gasteiger partial charge on any atom is -0.00193 e. The van der Waals surface area contributed by atoms with Gasteiger partial charge in [0.15, 0.2) is 0 Å². The summed E-state index contributed by atoms with van der Waals surface area (Å²) >= 11 is 0. The standard InChI is InChI=1S/C21H20/c1-4-5-9-20-16(3)13-19-11-10-18(14-21(19)20)17-8-6-7-15(2)12-17/h4-12,14H,3,13H2,1-2H3/b5-4-,20-9+. The van der Waals surface area contributed by atoms with E-state index in [1.165, 1.54) is 39.0 Å². The number of fused-ring (bicyclic) bond motifs is 1. The molecule has 21 heavy (non-hydrogen) atoms. The molecular weight excluding hydrogens is 252 g/mol. The molecule has 2 aromatic rings. The summed E-state index contributed by atoms with van der Waals surface area (Å²) in [5.74, 6) is 0. The zero-order valence-corrected chi connectivity index (χ0v) is 12.7. The molecule has 0 saturated carbocycles. The van der Waals surface area contributed by atoms with E-state index in [0.29, 0.717) is 0 Å². The number of hydrogen-bond acceptors (Lipinski definition) is 0. The van der Waals surface area contributed by atoms with E-state index in [-0.39, 0.29) is 0 Å². The van der Waals surface area contributed by atoms with Gasteiger partial charge in [0.1, 0.15) is 0 Å². The van der Waals surface area contributed by atoms with Gasteiger partial charge in [0.2, 0.25) is 0 Å². The molecule has 0 heteroatoms.